The van der Waals surface area contributed by atoms with Crippen molar-refractivity contribution in [3.63, 3.8) is 0 Å². The number of hydrogen-bond donors (Lipinski definition) is 1. The zero-order chi connectivity index (χ0) is 14.7. The van der Waals surface area contributed by atoms with E-state index in [1.54, 1.807) is 24.3 Å². The molecule has 20 heavy (non-hydrogen) atoms. The van der Waals surface area contributed by atoms with E-state index in [0.29, 0.717) is 22.3 Å². The van der Waals surface area contributed by atoms with Crippen LogP contribution in [0.3, 0.4) is 0 Å². The van der Waals surface area contributed by atoms with Crippen molar-refractivity contribution >= 4 is 34.6 Å². The van der Waals surface area contributed by atoms with E-state index in [2.05, 4.69) is 5.32 Å². The van der Waals surface area contributed by atoms with Crippen LogP contribution in [0, 0.1) is 17.0 Å². The number of nitro groups is 1. The molecule has 2 aromatic rings. The van der Waals surface area contributed by atoms with Crippen molar-refractivity contribution in [1.29, 1.82) is 0 Å². The average Bonchev–Trinajstić information content (AvgIpc) is 2.40. The Bertz CT molecular complexity index is 660. The summed E-state index contributed by atoms with van der Waals surface area (Å²) >= 11 is 12.0. The van der Waals surface area contributed by atoms with Gasteiger partial charge in [-0.05, 0) is 42.3 Å². The van der Waals surface area contributed by atoms with E-state index in [-0.39, 0.29) is 5.69 Å². The molecule has 2 aromatic carbocycles. The molecule has 0 fully saturated rings. The number of aryl methyl sites for hydroxylation is 1. The van der Waals surface area contributed by atoms with Gasteiger partial charge in [-0.25, -0.2) is 0 Å². The van der Waals surface area contributed by atoms with Crippen LogP contribution in [0.1, 0.15) is 11.1 Å². The first-order valence-electron chi connectivity index (χ1n) is 5.90. The van der Waals surface area contributed by atoms with Gasteiger partial charge in [0.2, 0.25) is 0 Å². The fourth-order valence-electron chi connectivity index (χ4n) is 1.81. The highest BCUT2D eigenvalue weighted by molar-refractivity contribution is 6.33. The third kappa shape index (κ3) is 3.40. The first-order chi connectivity index (χ1) is 9.47. The lowest BCUT2D eigenvalue weighted by Crippen LogP contribution is -2.03. The maximum absolute atomic E-state index is 11.0. The van der Waals surface area contributed by atoms with Crippen molar-refractivity contribution in [2.45, 2.75) is 13.5 Å². The topological polar surface area (TPSA) is 55.2 Å². The number of anilines is 1. The number of nitrogens with zero attached hydrogens (tertiary/aromatic N) is 1. The van der Waals surface area contributed by atoms with Crippen LogP contribution in [-0.2, 0) is 6.54 Å². The Hall–Kier alpha value is -1.78. The largest absolute Gasteiger partial charge is 0.375 e. The van der Waals surface area contributed by atoms with E-state index in [9.17, 15) is 10.1 Å². The summed E-state index contributed by atoms with van der Waals surface area (Å²) in [6.45, 7) is 2.17. The number of nitro benzene ring substituents is 1. The molecule has 0 amide bonds. The van der Waals surface area contributed by atoms with Crippen LogP contribution in [0.25, 0.3) is 0 Å². The second-order valence-electron chi connectivity index (χ2n) is 4.37. The van der Waals surface area contributed by atoms with Crippen molar-refractivity contribution < 1.29 is 4.92 Å². The van der Waals surface area contributed by atoms with Crippen LogP contribution in [0.4, 0.5) is 11.4 Å². The van der Waals surface area contributed by atoms with E-state index in [0.717, 1.165) is 11.1 Å². The first-order valence-corrected chi connectivity index (χ1v) is 6.66. The molecule has 0 aromatic heterocycles. The van der Waals surface area contributed by atoms with Gasteiger partial charge in [0.1, 0.15) is 5.69 Å². The molecule has 0 saturated carbocycles. The average molecular weight is 311 g/mol. The fourth-order valence-corrected chi connectivity index (χ4v) is 2.19. The summed E-state index contributed by atoms with van der Waals surface area (Å²) in [6, 6.07) is 10.2. The van der Waals surface area contributed by atoms with Crippen LogP contribution in [0.15, 0.2) is 36.4 Å². The minimum atomic E-state index is -0.408. The Kier molecular flexibility index (Phi) is 4.47. The maximum Gasteiger partial charge on any atom is 0.292 e. The van der Waals surface area contributed by atoms with Crippen molar-refractivity contribution in [3.05, 3.63) is 67.7 Å². The van der Waals surface area contributed by atoms with Crippen LogP contribution in [0.2, 0.25) is 10.0 Å². The molecule has 4 nitrogen and oxygen atoms in total. The van der Waals surface area contributed by atoms with Gasteiger partial charge in [0.15, 0.2) is 0 Å². The lowest BCUT2D eigenvalue weighted by atomic mass is 10.1. The smallest absolute Gasteiger partial charge is 0.292 e. The molecule has 104 valence electrons. The van der Waals surface area contributed by atoms with Gasteiger partial charge >= 0.3 is 0 Å². The molecule has 0 saturated heterocycles. The normalized spacial score (nSPS) is 10.3. The van der Waals surface area contributed by atoms with Crippen molar-refractivity contribution in [2.24, 2.45) is 0 Å². The Morgan fingerprint density at radius 2 is 1.95 bits per heavy atom. The van der Waals surface area contributed by atoms with Gasteiger partial charge in [-0.15, -0.1) is 0 Å². The molecule has 0 aliphatic carbocycles. The third-order valence-corrected chi connectivity index (χ3v) is 3.43. The van der Waals surface area contributed by atoms with Crippen LogP contribution >= 0.6 is 23.2 Å². The monoisotopic (exact) mass is 310 g/mol. The Balaban J connectivity index is 2.23. The second kappa shape index (κ2) is 6.11. The van der Waals surface area contributed by atoms with Gasteiger partial charge in [0.25, 0.3) is 5.69 Å². The molecule has 0 spiro atoms. The predicted molar refractivity (Wildman–Crippen MR) is 81.6 cm³/mol. The second-order valence-corrected chi connectivity index (χ2v) is 5.21. The number of halogens is 2. The number of rotatable bonds is 4. The standard InChI is InChI=1S/C14H12Cl2N2O2/c1-9-2-5-13(14(6-9)18(19)20)17-8-10-7-11(15)3-4-12(10)16/h2-7,17H,8H2,1H3. The minimum Gasteiger partial charge on any atom is -0.375 e. The minimum absolute atomic E-state index is 0.0446. The molecular formula is C14H12Cl2N2O2. The molecule has 0 aliphatic heterocycles. The molecule has 6 heteroatoms. The molecular weight excluding hydrogens is 299 g/mol. The van der Waals surface area contributed by atoms with E-state index < -0.39 is 4.92 Å². The SMILES string of the molecule is Cc1ccc(NCc2cc(Cl)ccc2Cl)c([N+](=O)[O-])c1. The Morgan fingerprint density at radius 1 is 1.20 bits per heavy atom. The molecule has 1 N–H and O–H groups in total. The molecule has 0 radical (unpaired) electrons. The van der Waals surface area contributed by atoms with Gasteiger partial charge in [-0.3, -0.25) is 10.1 Å². The predicted octanol–water partition coefficient (Wildman–Crippen LogP) is 4.82. The van der Waals surface area contributed by atoms with E-state index in [1.165, 1.54) is 6.07 Å². The summed E-state index contributed by atoms with van der Waals surface area (Å²) in [7, 11) is 0. The van der Waals surface area contributed by atoms with Gasteiger partial charge in [-0.1, -0.05) is 29.3 Å². The number of benzene rings is 2. The first kappa shape index (κ1) is 14.6. The fraction of sp³-hybridized carbons (Fsp3) is 0.143. The highest BCUT2D eigenvalue weighted by atomic mass is 35.5. The molecule has 0 unspecified atom stereocenters. The van der Waals surface area contributed by atoms with Crippen molar-refractivity contribution in [1.82, 2.24) is 0 Å². The molecule has 0 bridgehead atoms. The third-order valence-electron chi connectivity index (χ3n) is 2.83. The van der Waals surface area contributed by atoms with E-state index in [4.69, 9.17) is 23.2 Å². The molecule has 0 atom stereocenters. The van der Waals surface area contributed by atoms with E-state index in [1.807, 2.05) is 13.0 Å². The highest BCUT2D eigenvalue weighted by Crippen LogP contribution is 2.27. The molecule has 0 aliphatic rings. The summed E-state index contributed by atoms with van der Waals surface area (Å²) in [5.74, 6) is 0. The van der Waals surface area contributed by atoms with E-state index >= 15 is 0 Å². The summed E-state index contributed by atoms with van der Waals surface area (Å²) in [5.41, 5.74) is 2.12. The summed E-state index contributed by atoms with van der Waals surface area (Å²) < 4.78 is 0. The number of hydrogen-bond acceptors (Lipinski definition) is 3. The lowest BCUT2D eigenvalue weighted by Gasteiger charge is -2.09. The molecule has 2 rings (SSSR count). The summed E-state index contributed by atoms with van der Waals surface area (Å²) in [6.07, 6.45) is 0. The summed E-state index contributed by atoms with van der Waals surface area (Å²) in [4.78, 5) is 10.6. The number of nitrogens with one attached hydrogen (secondary N) is 1. The van der Waals surface area contributed by atoms with Gasteiger partial charge in [-0.2, -0.15) is 0 Å². The zero-order valence-corrected chi connectivity index (χ0v) is 12.2. The van der Waals surface area contributed by atoms with Crippen LogP contribution in [-0.4, -0.2) is 4.92 Å². The molecule has 0 heterocycles. The Morgan fingerprint density at radius 3 is 2.65 bits per heavy atom. The van der Waals surface area contributed by atoms with Gasteiger partial charge in [0, 0.05) is 22.7 Å². The Labute approximate surface area is 126 Å². The van der Waals surface area contributed by atoms with Crippen LogP contribution < -0.4 is 5.32 Å². The maximum atomic E-state index is 11.0. The van der Waals surface area contributed by atoms with Crippen molar-refractivity contribution in [3.8, 4) is 0 Å². The van der Waals surface area contributed by atoms with Gasteiger partial charge in [0.05, 0.1) is 4.92 Å². The van der Waals surface area contributed by atoms with Crippen LogP contribution in [0.5, 0.6) is 0 Å². The quantitative estimate of drug-likeness (QED) is 0.650. The lowest BCUT2D eigenvalue weighted by molar-refractivity contribution is -0.384. The van der Waals surface area contributed by atoms with Crippen molar-refractivity contribution in [2.75, 3.05) is 5.32 Å². The zero-order valence-electron chi connectivity index (χ0n) is 10.7. The summed E-state index contributed by atoms with van der Waals surface area (Å²) in [5, 5.41) is 15.2. The van der Waals surface area contributed by atoms with Gasteiger partial charge < -0.3 is 5.32 Å². The highest BCUT2D eigenvalue weighted by Gasteiger charge is 2.13.